The highest BCUT2D eigenvalue weighted by molar-refractivity contribution is 5.89. The molecule has 6 nitrogen and oxygen atoms in total. The number of nitrogens with zero attached hydrogens (tertiary/aromatic N) is 1. The van der Waals surface area contributed by atoms with Gasteiger partial charge in [-0.2, -0.15) is 0 Å². The molecule has 1 heterocycles. The molecule has 0 saturated carbocycles. The lowest BCUT2D eigenvalue weighted by Crippen LogP contribution is -1.91. The van der Waals surface area contributed by atoms with Gasteiger partial charge in [0, 0.05) is 18.3 Å². The second-order valence-electron chi connectivity index (χ2n) is 2.22. The Morgan fingerprint density at radius 1 is 1.20 bits per heavy atom. The highest BCUT2D eigenvalue weighted by atomic mass is 16.4. The molecular weight excluding hydrogens is 202 g/mol. The predicted molar refractivity (Wildman–Crippen MR) is 50.3 cm³/mol. The van der Waals surface area contributed by atoms with E-state index in [-0.39, 0.29) is 5.75 Å². The summed E-state index contributed by atoms with van der Waals surface area (Å²) >= 11 is 0. The Kier molecular flexibility index (Phi) is 5.96. The van der Waals surface area contributed by atoms with Crippen LogP contribution in [0.4, 0.5) is 0 Å². The highest BCUT2D eigenvalue weighted by Crippen LogP contribution is 1.99. The Morgan fingerprint density at radius 2 is 1.73 bits per heavy atom. The third-order valence-corrected chi connectivity index (χ3v) is 1.01. The molecule has 0 aliphatic carbocycles. The van der Waals surface area contributed by atoms with E-state index in [9.17, 15) is 9.59 Å². The van der Waals surface area contributed by atoms with E-state index < -0.39 is 11.9 Å². The maximum absolute atomic E-state index is 9.55. The third kappa shape index (κ3) is 9.54. The fourth-order valence-corrected chi connectivity index (χ4v) is 0.496. The number of aromatic nitrogens is 1. The SMILES string of the molecule is O=C(O)/C=C/C(=O)O.Oc1cccnc1. The largest absolute Gasteiger partial charge is 0.506 e. The van der Waals surface area contributed by atoms with E-state index in [0.29, 0.717) is 12.2 Å². The summed E-state index contributed by atoms with van der Waals surface area (Å²) in [4.78, 5) is 22.7. The van der Waals surface area contributed by atoms with Gasteiger partial charge in [0.2, 0.25) is 0 Å². The number of rotatable bonds is 2. The van der Waals surface area contributed by atoms with Crippen molar-refractivity contribution >= 4 is 11.9 Å². The van der Waals surface area contributed by atoms with Gasteiger partial charge in [-0.15, -0.1) is 0 Å². The summed E-state index contributed by atoms with van der Waals surface area (Å²) in [6.45, 7) is 0. The molecule has 80 valence electrons. The van der Waals surface area contributed by atoms with Crippen LogP contribution in [0.2, 0.25) is 0 Å². The summed E-state index contributed by atoms with van der Waals surface area (Å²) in [6.07, 6.45) is 4.12. The maximum Gasteiger partial charge on any atom is 0.328 e. The molecule has 1 rings (SSSR count). The third-order valence-electron chi connectivity index (χ3n) is 1.01. The Labute approximate surface area is 85.1 Å². The van der Waals surface area contributed by atoms with E-state index in [2.05, 4.69) is 4.98 Å². The van der Waals surface area contributed by atoms with Crippen molar-refractivity contribution in [2.75, 3.05) is 0 Å². The Balaban J connectivity index is 0.000000262. The summed E-state index contributed by atoms with van der Waals surface area (Å²) in [6, 6.07) is 3.25. The number of pyridine rings is 1. The van der Waals surface area contributed by atoms with Crippen molar-refractivity contribution in [3.05, 3.63) is 36.7 Å². The van der Waals surface area contributed by atoms with Gasteiger partial charge in [0.15, 0.2) is 0 Å². The van der Waals surface area contributed by atoms with Crippen LogP contribution in [0, 0.1) is 0 Å². The smallest absolute Gasteiger partial charge is 0.328 e. The molecule has 0 bridgehead atoms. The molecule has 0 saturated heterocycles. The van der Waals surface area contributed by atoms with Gasteiger partial charge in [-0.05, 0) is 12.1 Å². The number of aromatic hydroxyl groups is 1. The van der Waals surface area contributed by atoms with E-state index in [1.54, 1.807) is 18.3 Å². The minimum atomic E-state index is -1.26. The van der Waals surface area contributed by atoms with E-state index in [0.717, 1.165) is 0 Å². The lowest BCUT2D eigenvalue weighted by Gasteiger charge is -1.81. The average Bonchev–Trinajstić information content (AvgIpc) is 2.17. The fourth-order valence-electron chi connectivity index (χ4n) is 0.496. The quantitative estimate of drug-likeness (QED) is 0.614. The zero-order valence-corrected chi connectivity index (χ0v) is 7.57. The van der Waals surface area contributed by atoms with Crippen LogP contribution in [0.25, 0.3) is 0 Å². The van der Waals surface area contributed by atoms with Gasteiger partial charge in [0.05, 0.1) is 6.20 Å². The number of carboxylic acid groups (broad SMARTS) is 2. The molecule has 0 amide bonds. The lowest BCUT2D eigenvalue weighted by atomic mass is 10.5. The first-order chi connectivity index (χ1) is 7.02. The molecule has 0 aliphatic heterocycles. The van der Waals surface area contributed by atoms with E-state index in [1.807, 2.05) is 0 Å². The minimum absolute atomic E-state index is 0.211. The second-order valence-corrected chi connectivity index (χ2v) is 2.22. The highest BCUT2D eigenvalue weighted by Gasteiger charge is 1.88. The Bertz CT molecular complexity index is 331. The van der Waals surface area contributed by atoms with Gasteiger partial charge in [-0.1, -0.05) is 0 Å². The number of hydrogen-bond acceptors (Lipinski definition) is 4. The summed E-state index contributed by atoms with van der Waals surface area (Å²) in [5.41, 5.74) is 0. The molecule has 0 unspecified atom stereocenters. The van der Waals surface area contributed by atoms with Crippen LogP contribution in [0.15, 0.2) is 36.7 Å². The van der Waals surface area contributed by atoms with Gasteiger partial charge >= 0.3 is 11.9 Å². The second kappa shape index (κ2) is 7.07. The van der Waals surface area contributed by atoms with E-state index in [1.165, 1.54) is 6.20 Å². The minimum Gasteiger partial charge on any atom is -0.506 e. The topological polar surface area (TPSA) is 108 Å². The van der Waals surface area contributed by atoms with Crippen molar-refractivity contribution in [3.63, 3.8) is 0 Å². The van der Waals surface area contributed by atoms with Crippen LogP contribution < -0.4 is 0 Å². The zero-order valence-electron chi connectivity index (χ0n) is 7.57. The summed E-state index contributed by atoms with van der Waals surface area (Å²) < 4.78 is 0. The number of hydrogen-bond donors (Lipinski definition) is 3. The van der Waals surface area contributed by atoms with Gasteiger partial charge in [0.25, 0.3) is 0 Å². The van der Waals surface area contributed by atoms with Gasteiger partial charge in [-0.3, -0.25) is 4.98 Å². The number of carboxylic acids is 2. The standard InChI is InChI=1S/C5H5NO.C4H4O4/c7-5-2-1-3-6-4-5;5-3(6)1-2-4(7)8/h1-4,7H;1-2H,(H,5,6)(H,7,8)/b;2-1+. The van der Waals surface area contributed by atoms with Crippen molar-refractivity contribution in [2.24, 2.45) is 0 Å². The van der Waals surface area contributed by atoms with Crippen LogP contribution >= 0.6 is 0 Å². The molecule has 1 aromatic heterocycles. The fraction of sp³-hybridized carbons (Fsp3) is 0. The van der Waals surface area contributed by atoms with Crippen LogP contribution in [0.3, 0.4) is 0 Å². The van der Waals surface area contributed by atoms with Gasteiger partial charge in [0.1, 0.15) is 5.75 Å². The van der Waals surface area contributed by atoms with E-state index in [4.69, 9.17) is 15.3 Å². The van der Waals surface area contributed by atoms with Crippen LogP contribution in [0.5, 0.6) is 5.75 Å². The monoisotopic (exact) mass is 211 g/mol. The molecular formula is C9H9NO5. The zero-order chi connectivity index (χ0) is 11.7. The van der Waals surface area contributed by atoms with Crippen molar-refractivity contribution in [3.8, 4) is 5.75 Å². The summed E-state index contributed by atoms with van der Waals surface area (Å²) in [5.74, 6) is -2.30. The molecule has 6 heteroatoms. The van der Waals surface area contributed by atoms with Crippen molar-refractivity contribution in [1.82, 2.24) is 4.98 Å². The average molecular weight is 211 g/mol. The molecule has 3 N–H and O–H groups in total. The van der Waals surface area contributed by atoms with Crippen molar-refractivity contribution in [1.29, 1.82) is 0 Å². The first-order valence-electron chi connectivity index (χ1n) is 3.75. The molecule has 0 aliphatic rings. The van der Waals surface area contributed by atoms with Crippen LogP contribution in [-0.2, 0) is 9.59 Å². The van der Waals surface area contributed by atoms with E-state index >= 15 is 0 Å². The number of aliphatic carboxylic acids is 2. The molecule has 0 spiro atoms. The molecule has 1 aromatic rings. The lowest BCUT2D eigenvalue weighted by molar-refractivity contribution is -0.134. The maximum atomic E-state index is 9.55. The Hall–Kier alpha value is -2.37. The molecule has 0 fully saturated rings. The molecule has 0 aromatic carbocycles. The Morgan fingerprint density at radius 3 is 1.93 bits per heavy atom. The van der Waals surface area contributed by atoms with Crippen LogP contribution in [-0.4, -0.2) is 32.2 Å². The van der Waals surface area contributed by atoms with Crippen molar-refractivity contribution in [2.45, 2.75) is 0 Å². The summed E-state index contributed by atoms with van der Waals surface area (Å²) in [7, 11) is 0. The normalized spacial score (nSPS) is 9.07. The molecule has 15 heavy (non-hydrogen) atoms. The first kappa shape index (κ1) is 12.6. The predicted octanol–water partition coefficient (Wildman–Crippen LogP) is 0.499. The van der Waals surface area contributed by atoms with Gasteiger partial charge in [-0.25, -0.2) is 9.59 Å². The number of carbonyl (C=O) groups is 2. The molecule has 0 atom stereocenters. The first-order valence-corrected chi connectivity index (χ1v) is 3.75. The molecule has 0 radical (unpaired) electrons. The van der Waals surface area contributed by atoms with Crippen LogP contribution in [0.1, 0.15) is 0 Å². The summed E-state index contributed by atoms with van der Waals surface area (Å²) in [5, 5.41) is 24.2. The van der Waals surface area contributed by atoms with Gasteiger partial charge < -0.3 is 15.3 Å². The van der Waals surface area contributed by atoms with Crippen molar-refractivity contribution < 1.29 is 24.9 Å².